The molecule has 0 aromatic carbocycles. The van der Waals surface area contributed by atoms with Crippen LogP contribution in [0.15, 0.2) is 12.3 Å². The third kappa shape index (κ3) is 3.27. The van der Waals surface area contributed by atoms with E-state index < -0.39 is 12.0 Å². The Balaban J connectivity index is 2.92. The van der Waals surface area contributed by atoms with E-state index >= 15 is 0 Å². The van der Waals surface area contributed by atoms with E-state index in [1.807, 2.05) is 6.07 Å². The first-order chi connectivity index (χ1) is 7.54. The molecule has 0 bridgehead atoms. The SMILES string of the molecule is CNC(C(=O)O)c1nccc(CC(C)C)n1. The number of aromatic nitrogens is 2. The zero-order valence-corrected chi connectivity index (χ0v) is 9.77. The number of rotatable bonds is 5. The summed E-state index contributed by atoms with van der Waals surface area (Å²) in [5, 5.41) is 11.6. The van der Waals surface area contributed by atoms with Gasteiger partial charge in [-0.25, -0.2) is 9.97 Å². The molecule has 5 nitrogen and oxygen atoms in total. The minimum atomic E-state index is -0.968. The molecule has 5 heteroatoms. The summed E-state index contributed by atoms with van der Waals surface area (Å²) in [5.74, 6) is -0.169. The van der Waals surface area contributed by atoms with Gasteiger partial charge in [-0.3, -0.25) is 4.79 Å². The van der Waals surface area contributed by atoms with Crippen LogP contribution in [-0.4, -0.2) is 28.1 Å². The number of hydrogen-bond acceptors (Lipinski definition) is 4. The van der Waals surface area contributed by atoms with Gasteiger partial charge in [-0.2, -0.15) is 0 Å². The summed E-state index contributed by atoms with van der Waals surface area (Å²) in [4.78, 5) is 19.2. The van der Waals surface area contributed by atoms with Crippen molar-refractivity contribution in [2.24, 2.45) is 5.92 Å². The average Bonchev–Trinajstić information content (AvgIpc) is 2.17. The van der Waals surface area contributed by atoms with Crippen LogP contribution in [-0.2, 0) is 11.2 Å². The first-order valence-corrected chi connectivity index (χ1v) is 5.26. The summed E-state index contributed by atoms with van der Waals surface area (Å²) in [6.07, 6.45) is 2.43. The summed E-state index contributed by atoms with van der Waals surface area (Å²) in [6, 6.07) is 0.977. The van der Waals surface area contributed by atoms with E-state index in [1.54, 1.807) is 13.2 Å². The quantitative estimate of drug-likeness (QED) is 0.779. The van der Waals surface area contributed by atoms with Gasteiger partial charge in [0.05, 0.1) is 0 Å². The van der Waals surface area contributed by atoms with Gasteiger partial charge in [-0.15, -0.1) is 0 Å². The third-order valence-corrected chi connectivity index (χ3v) is 2.14. The normalized spacial score (nSPS) is 12.8. The highest BCUT2D eigenvalue weighted by Gasteiger charge is 2.20. The number of nitrogens with zero attached hydrogens (tertiary/aromatic N) is 2. The van der Waals surface area contributed by atoms with Gasteiger partial charge in [0.15, 0.2) is 11.9 Å². The Morgan fingerprint density at radius 2 is 2.25 bits per heavy atom. The smallest absolute Gasteiger partial charge is 0.328 e. The molecule has 0 radical (unpaired) electrons. The fourth-order valence-electron chi connectivity index (χ4n) is 1.45. The zero-order valence-electron chi connectivity index (χ0n) is 9.77. The second kappa shape index (κ2) is 5.55. The van der Waals surface area contributed by atoms with Crippen LogP contribution in [0.2, 0.25) is 0 Å². The van der Waals surface area contributed by atoms with E-state index in [2.05, 4.69) is 29.1 Å². The van der Waals surface area contributed by atoms with E-state index in [9.17, 15) is 4.79 Å². The fraction of sp³-hybridized carbons (Fsp3) is 0.545. The number of carboxylic acids is 1. The van der Waals surface area contributed by atoms with E-state index in [4.69, 9.17) is 5.11 Å². The Morgan fingerprint density at radius 1 is 1.56 bits per heavy atom. The lowest BCUT2D eigenvalue weighted by atomic mass is 10.1. The Hall–Kier alpha value is -1.49. The van der Waals surface area contributed by atoms with Crippen molar-refractivity contribution in [3.8, 4) is 0 Å². The van der Waals surface area contributed by atoms with Gasteiger partial charge in [0.1, 0.15) is 0 Å². The molecule has 0 spiro atoms. The molecule has 1 aromatic rings. The molecule has 1 aromatic heterocycles. The Morgan fingerprint density at radius 3 is 2.75 bits per heavy atom. The van der Waals surface area contributed by atoms with E-state index in [0.29, 0.717) is 11.7 Å². The number of nitrogens with one attached hydrogen (secondary N) is 1. The first kappa shape index (κ1) is 12.6. The second-order valence-corrected chi connectivity index (χ2v) is 4.06. The van der Waals surface area contributed by atoms with E-state index in [0.717, 1.165) is 12.1 Å². The predicted molar refractivity (Wildman–Crippen MR) is 60.0 cm³/mol. The zero-order chi connectivity index (χ0) is 12.1. The molecule has 1 atom stereocenters. The molecule has 0 saturated carbocycles. The maximum absolute atomic E-state index is 10.9. The van der Waals surface area contributed by atoms with Crippen LogP contribution in [0.1, 0.15) is 31.4 Å². The van der Waals surface area contributed by atoms with Crippen molar-refractivity contribution in [1.29, 1.82) is 0 Å². The van der Waals surface area contributed by atoms with Crippen molar-refractivity contribution in [3.05, 3.63) is 23.8 Å². The monoisotopic (exact) mass is 223 g/mol. The summed E-state index contributed by atoms with van der Waals surface area (Å²) in [7, 11) is 1.58. The predicted octanol–water partition coefficient (Wildman–Crippen LogP) is 1.02. The maximum atomic E-state index is 10.9. The Bertz CT molecular complexity index is 366. The number of hydrogen-bond donors (Lipinski definition) is 2. The molecular formula is C11H17N3O2. The number of carboxylic acid groups (broad SMARTS) is 1. The minimum absolute atomic E-state index is 0.313. The summed E-state index contributed by atoms with van der Waals surface area (Å²) >= 11 is 0. The number of aliphatic carboxylic acids is 1. The fourth-order valence-corrected chi connectivity index (χ4v) is 1.45. The molecule has 0 aliphatic heterocycles. The lowest BCUT2D eigenvalue weighted by Crippen LogP contribution is -2.27. The van der Waals surface area contributed by atoms with Crippen LogP contribution in [0.4, 0.5) is 0 Å². The molecular weight excluding hydrogens is 206 g/mol. The van der Waals surface area contributed by atoms with E-state index in [-0.39, 0.29) is 0 Å². The van der Waals surface area contributed by atoms with Crippen molar-refractivity contribution >= 4 is 5.97 Å². The largest absolute Gasteiger partial charge is 0.480 e. The van der Waals surface area contributed by atoms with Gasteiger partial charge in [-0.05, 0) is 25.5 Å². The highest BCUT2D eigenvalue weighted by Crippen LogP contribution is 2.10. The Kier molecular flexibility index (Phi) is 4.37. The molecule has 1 rings (SSSR count). The lowest BCUT2D eigenvalue weighted by Gasteiger charge is -2.11. The molecule has 0 amide bonds. The van der Waals surface area contributed by atoms with Crippen LogP contribution in [0, 0.1) is 5.92 Å². The molecule has 88 valence electrons. The molecule has 0 fully saturated rings. The molecule has 1 heterocycles. The highest BCUT2D eigenvalue weighted by atomic mass is 16.4. The maximum Gasteiger partial charge on any atom is 0.328 e. The van der Waals surface area contributed by atoms with Crippen molar-refractivity contribution in [1.82, 2.24) is 15.3 Å². The van der Waals surface area contributed by atoms with Crippen LogP contribution in [0.25, 0.3) is 0 Å². The topological polar surface area (TPSA) is 75.1 Å². The van der Waals surface area contributed by atoms with Gasteiger partial charge in [0.25, 0.3) is 0 Å². The minimum Gasteiger partial charge on any atom is -0.480 e. The molecule has 16 heavy (non-hydrogen) atoms. The van der Waals surface area contributed by atoms with Gasteiger partial charge in [0, 0.05) is 11.9 Å². The van der Waals surface area contributed by atoms with Crippen molar-refractivity contribution < 1.29 is 9.90 Å². The van der Waals surface area contributed by atoms with E-state index in [1.165, 1.54) is 0 Å². The van der Waals surface area contributed by atoms with Crippen molar-refractivity contribution in [2.75, 3.05) is 7.05 Å². The van der Waals surface area contributed by atoms with Crippen LogP contribution >= 0.6 is 0 Å². The second-order valence-electron chi connectivity index (χ2n) is 4.06. The first-order valence-electron chi connectivity index (χ1n) is 5.26. The Labute approximate surface area is 94.9 Å². The van der Waals surface area contributed by atoms with Gasteiger partial charge >= 0.3 is 5.97 Å². The van der Waals surface area contributed by atoms with Gasteiger partial charge in [-0.1, -0.05) is 13.8 Å². The number of carbonyl (C=O) groups is 1. The molecule has 2 N–H and O–H groups in total. The molecule has 1 unspecified atom stereocenters. The summed E-state index contributed by atoms with van der Waals surface area (Å²) in [5.41, 5.74) is 0.876. The molecule has 0 saturated heterocycles. The summed E-state index contributed by atoms with van der Waals surface area (Å²) in [6.45, 7) is 4.18. The van der Waals surface area contributed by atoms with Crippen molar-refractivity contribution in [2.45, 2.75) is 26.3 Å². The molecule has 0 aliphatic rings. The average molecular weight is 223 g/mol. The molecule has 0 aliphatic carbocycles. The van der Waals surface area contributed by atoms with Crippen LogP contribution in [0.3, 0.4) is 0 Å². The highest BCUT2D eigenvalue weighted by molar-refractivity contribution is 5.74. The third-order valence-electron chi connectivity index (χ3n) is 2.14. The van der Waals surface area contributed by atoms with Crippen LogP contribution < -0.4 is 5.32 Å². The standard InChI is InChI=1S/C11H17N3O2/c1-7(2)6-8-4-5-13-10(14-8)9(12-3)11(15)16/h4-5,7,9,12H,6H2,1-3H3,(H,15,16). The number of likely N-dealkylation sites (N-methyl/N-ethyl adjacent to an activating group) is 1. The van der Waals surface area contributed by atoms with Crippen molar-refractivity contribution in [3.63, 3.8) is 0 Å². The van der Waals surface area contributed by atoms with Gasteiger partial charge in [0.2, 0.25) is 0 Å². The van der Waals surface area contributed by atoms with Crippen LogP contribution in [0.5, 0.6) is 0 Å². The lowest BCUT2D eigenvalue weighted by molar-refractivity contribution is -0.139. The summed E-state index contributed by atoms with van der Waals surface area (Å²) < 4.78 is 0. The van der Waals surface area contributed by atoms with Gasteiger partial charge < -0.3 is 10.4 Å².